The van der Waals surface area contributed by atoms with E-state index in [1.165, 1.54) is 5.56 Å². The van der Waals surface area contributed by atoms with Crippen molar-refractivity contribution in [2.45, 2.75) is 31.8 Å². The molecule has 0 aromatic heterocycles. The summed E-state index contributed by atoms with van der Waals surface area (Å²) in [7, 11) is 0. The zero-order valence-corrected chi connectivity index (χ0v) is 16.0. The Morgan fingerprint density at radius 3 is 2.42 bits per heavy atom. The summed E-state index contributed by atoms with van der Waals surface area (Å²) in [5, 5.41) is 15.5. The third kappa shape index (κ3) is 4.29. The summed E-state index contributed by atoms with van der Waals surface area (Å²) in [5.41, 5.74) is 1.68. The zero-order chi connectivity index (χ0) is 18.7. The maximum absolute atomic E-state index is 11.3. The van der Waals surface area contributed by atoms with E-state index in [-0.39, 0.29) is 16.8 Å². The molecule has 0 amide bonds. The van der Waals surface area contributed by atoms with Gasteiger partial charge in [0.1, 0.15) is 10.7 Å². The lowest BCUT2D eigenvalue weighted by Crippen LogP contribution is -2.40. The molecule has 0 aliphatic carbocycles. The molecule has 1 saturated heterocycles. The number of piperidine rings is 1. The molecule has 1 aliphatic heterocycles. The predicted molar refractivity (Wildman–Crippen MR) is 106 cm³/mol. The number of anilines is 1. The molecule has 1 fully saturated rings. The lowest BCUT2D eigenvalue weighted by molar-refractivity contribution is -0.383. The Bertz CT molecular complexity index is 775. The van der Waals surface area contributed by atoms with Gasteiger partial charge in [-0.15, -0.1) is 0 Å². The van der Waals surface area contributed by atoms with Crippen molar-refractivity contribution in [2.75, 3.05) is 18.4 Å². The first kappa shape index (κ1) is 19.0. The number of para-hydroxylation sites is 1. The van der Waals surface area contributed by atoms with Gasteiger partial charge in [0.25, 0.3) is 0 Å². The molecule has 0 bridgehead atoms. The molecule has 2 aromatic carbocycles. The average Bonchev–Trinajstić information content (AvgIpc) is 2.62. The van der Waals surface area contributed by atoms with Crippen molar-refractivity contribution in [2.24, 2.45) is 0 Å². The Hall–Kier alpha value is -1.82. The van der Waals surface area contributed by atoms with E-state index in [0.29, 0.717) is 11.7 Å². The van der Waals surface area contributed by atoms with Crippen LogP contribution < -0.4 is 5.32 Å². The summed E-state index contributed by atoms with van der Waals surface area (Å²) < 4.78 is 0. The number of benzene rings is 2. The fraction of sp³-hybridized carbons (Fsp3) is 0.368. The van der Waals surface area contributed by atoms with Crippen LogP contribution in [0.5, 0.6) is 0 Å². The van der Waals surface area contributed by atoms with E-state index in [1.54, 1.807) is 18.2 Å². The molecular weight excluding hydrogens is 373 g/mol. The molecule has 138 valence electrons. The minimum Gasteiger partial charge on any atom is -0.377 e. The summed E-state index contributed by atoms with van der Waals surface area (Å²) in [6, 6.07) is 13.5. The minimum absolute atomic E-state index is 0.0499. The molecule has 7 heteroatoms. The van der Waals surface area contributed by atoms with Crippen LogP contribution in [0.3, 0.4) is 0 Å². The van der Waals surface area contributed by atoms with Crippen LogP contribution in [-0.2, 0) is 0 Å². The van der Waals surface area contributed by atoms with E-state index < -0.39 is 4.92 Å². The monoisotopic (exact) mass is 393 g/mol. The van der Waals surface area contributed by atoms with Crippen molar-refractivity contribution in [3.05, 3.63) is 68.2 Å². The van der Waals surface area contributed by atoms with Crippen LogP contribution in [0.2, 0.25) is 10.0 Å². The highest BCUT2D eigenvalue weighted by Gasteiger charge is 2.26. The second-order valence-corrected chi connectivity index (χ2v) is 7.42. The van der Waals surface area contributed by atoms with Crippen LogP contribution >= 0.6 is 23.2 Å². The Balaban J connectivity index is 1.62. The number of nitro groups is 1. The fourth-order valence-corrected chi connectivity index (χ4v) is 3.79. The highest BCUT2D eigenvalue weighted by atomic mass is 35.5. The molecule has 26 heavy (non-hydrogen) atoms. The third-order valence-corrected chi connectivity index (χ3v) is 5.52. The fourth-order valence-electron chi connectivity index (χ4n) is 3.42. The van der Waals surface area contributed by atoms with Gasteiger partial charge < -0.3 is 5.32 Å². The third-order valence-electron chi connectivity index (χ3n) is 4.96. The van der Waals surface area contributed by atoms with Crippen LogP contribution in [0, 0.1) is 10.1 Å². The highest BCUT2D eigenvalue weighted by molar-refractivity contribution is 6.33. The lowest BCUT2D eigenvalue weighted by Gasteiger charge is -2.36. The van der Waals surface area contributed by atoms with Gasteiger partial charge in [-0.1, -0.05) is 41.4 Å². The molecule has 0 spiro atoms. The van der Waals surface area contributed by atoms with Gasteiger partial charge in [-0.2, -0.15) is 0 Å². The van der Waals surface area contributed by atoms with Gasteiger partial charge in [-0.05, 0) is 49.6 Å². The van der Waals surface area contributed by atoms with Crippen molar-refractivity contribution < 1.29 is 4.92 Å². The van der Waals surface area contributed by atoms with Crippen LogP contribution in [0.25, 0.3) is 0 Å². The van der Waals surface area contributed by atoms with Crippen molar-refractivity contribution in [3.63, 3.8) is 0 Å². The first-order valence-electron chi connectivity index (χ1n) is 8.64. The Morgan fingerprint density at radius 1 is 1.15 bits per heavy atom. The zero-order valence-electron chi connectivity index (χ0n) is 14.5. The van der Waals surface area contributed by atoms with E-state index in [1.807, 2.05) is 12.1 Å². The van der Waals surface area contributed by atoms with Crippen molar-refractivity contribution in [1.82, 2.24) is 4.90 Å². The first-order chi connectivity index (χ1) is 12.5. The summed E-state index contributed by atoms with van der Waals surface area (Å²) in [4.78, 5) is 13.3. The van der Waals surface area contributed by atoms with E-state index in [9.17, 15) is 10.1 Å². The molecule has 1 aliphatic rings. The number of nitro benzene ring substituents is 1. The normalized spacial score (nSPS) is 17.0. The lowest BCUT2D eigenvalue weighted by atomic mass is 10.00. The van der Waals surface area contributed by atoms with Gasteiger partial charge in [-0.3, -0.25) is 15.0 Å². The summed E-state index contributed by atoms with van der Waals surface area (Å²) in [6.45, 7) is 4.05. The Labute approximate surface area is 163 Å². The molecule has 0 radical (unpaired) electrons. The minimum atomic E-state index is -0.428. The standard InChI is InChI=1S/C19H21Cl2N3O2/c1-13(14-5-7-15(20)8-6-14)23-11-9-16(10-12-23)22-18-4-2-3-17(21)19(18)24(25)26/h2-8,13,16,22H,9-12H2,1H3. The Kier molecular flexibility index (Phi) is 6.01. The van der Waals surface area contributed by atoms with E-state index in [4.69, 9.17) is 23.2 Å². The highest BCUT2D eigenvalue weighted by Crippen LogP contribution is 2.34. The molecule has 5 nitrogen and oxygen atoms in total. The second-order valence-electron chi connectivity index (χ2n) is 6.58. The number of hydrogen-bond donors (Lipinski definition) is 1. The molecule has 2 aromatic rings. The predicted octanol–water partition coefficient (Wildman–Crippen LogP) is 5.54. The average molecular weight is 394 g/mol. The number of rotatable bonds is 5. The van der Waals surface area contributed by atoms with Gasteiger partial charge in [-0.25, -0.2) is 0 Å². The number of nitrogens with one attached hydrogen (secondary N) is 1. The molecule has 1 unspecified atom stereocenters. The van der Waals surface area contributed by atoms with Gasteiger partial charge in [0.15, 0.2) is 0 Å². The van der Waals surface area contributed by atoms with Crippen LogP contribution in [0.4, 0.5) is 11.4 Å². The van der Waals surface area contributed by atoms with Gasteiger partial charge in [0.05, 0.1) is 4.92 Å². The van der Waals surface area contributed by atoms with Crippen molar-refractivity contribution in [1.29, 1.82) is 0 Å². The number of nitrogens with zero attached hydrogens (tertiary/aromatic N) is 2. The van der Waals surface area contributed by atoms with Crippen molar-refractivity contribution in [3.8, 4) is 0 Å². The largest absolute Gasteiger partial charge is 0.377 e. The maximum atomic E-state index is 11.3. The van der Waals surface area contributed by atoms with Crippen molar-refractivity contribution >= 4 is 34.6 Å². The van der Waals surface area contributed by atoms with Gasteiger partial charge in [0.2, 0.25) is 0 Å². The topological polar surface area (TPSA) is 58.4 Å². The Morgan fingerprint density at radius 2 is 1.81 bits per heavy atom. The molecular formula is C19H21Cl2N3O2. The number of likely N-dealkylation sites (tertiary alicyclic amines) is 1. The number of halogens is 2. The maximum Gasteiger partial charge on any atom is 0.310 e. The van der Waals surface area contributed by atoms with E-state index >= 15 is 0 Å². The van der Waals surface area contributed by atoms with Crippen LogP contribution in [0.1, 0.15) is 31.4 Å². The number of hydrogen-bond acceptors (Lipinski definition) is 4. The SMILES string of the molecule is CC(c1ccc(Cl)cc1)N1CCC(Nc2cccc(Cl)c2[N+](=O)[O-])CC1. The van der Waals surface area contributed by atoms with Gasteiger partial charge >= 0.3 is 5.69 Å². The van der Waals surface area contributed by atoms with E-state index in [0.717, 1.165) is 31.0 Å². The second kappa shape index (κ2) is 8.25. The molecule has 1 atom stereocenters. The smallest absolute Gasteiger partial charge is 0.310 e. The molecule has 0 saturated carbocycles. The first-order valence-corrected chi connectivity index (χ1v) is 9.40. The van der Waals surface area contributed by atoms with Crippen LogP contribution in [0.15, 0.2) is 42.5 Å². The summed E-state index contributed by atoms with van der Waals surface area (Å²) in [5.74, 6) is 0. The summed E-state index contributed by atoms with van der Waals surface area (Å²) >= 11 is 12.0. The van der Waals surface area contributed by atoms with Crippen LogP contribution in [-0.4, -0.2) is 29.0 Å². The summed E-state index contributed by atoms with van der Waals surface area (Å²) in [6.07, 6.45) is 1.84. The molecule has 1 N–H and O–H groups in total. The molecule has 3 rings (SSSR count). The van der Waals surface area contributed by atoms with E-state index in [2.05, 4.69) is 29.3 Å². The quantitative estimate of drug-likeness (QED) is 0.534. The van der Waals surface area contributed by atoms with Gasteiger partial charge in [0, 0.05) is 30.2 Å². The molecule has 1 heterocycles.